The minimum atomic E-state index is -0.976. The maximum Gasteiger partial charge on any atom is 0.325 e. The standard InChI is InChI=1S/C21H19N3O6/c25-19-21(6-5-13-3-1-2-4-14(13)9-21)22-20(26)23(19)10-15-7-17(24(27)28)8-16-11-29-12-30-18(15)16/h1-4,7-8H,5-6,9-12H2,(H,22,26)/t21-/m1/s1. The number of nitro benzene ring substituents is 1. The molecule has 30 heavy (non-hydrogen) atoms. The highest BCUT2D eigenvalue weighted by atomic mass is 16.7. The van der Waals surface area contributed by atoms with Gasteiger partial charge in [-0.05, 0) is 24.0 Å². The SMILES string of the molecule is O=C1N[C@@]2(CCc3ccccc3C2)C(=O)N1Cc1cc([N+](=O)[O-])cc2c1OCOC2. The van der Waals surface area contributed by atoms with E-state index < -0.39 is 16.5 Å². The Hall–Kier alpha value is -3.46. The number of fused-ring (bicyclic) bond motifs is 2. The Bertz CT molecular complexity index is 1080. The van der Waals surface area contributed by atoms with Crippen LogP contribution in [0.15, 0.2) is 36.4 Å². The fourth-order valence-electron chi connectivity index (χ4n) is 4.52. The van der Waals surface area contributed by atoms with Crippen LogP contribution in [-0.4, -0.2) is 34.1 Å². The van der Waals surface area contributed by atoms with E-state index in [1.807, 2.05) is 24.3 Å². The number of amides is 3. The van der Waals surface area contributed by atoms with Crippen molar-refractivity contribution < 1.29 is 24.0 Å². The summed E-state index contributed by atoms with van der Waals surface area (Å²) in [5, 5.41) is 14.2. The van der Waals surface area contributed by atoms with Gasteiger partial charge >= 0.3 is 6.03 Å². The molecular weight excluding hydrogens is 390 g/mol. The molecule has 2 aliphatic heterocycles. The maximum absolute atomic E-state index is 13.3. The van der Waals surface area contributed by atoms with E-state index >= 15 is 0 Å². The van der Waals surface area contributed by atoms with Gasteiger partial charge in [-0.25, -0.2) is 4.79 Å². The molecule has 9 nitrogen and oxygen atoms in total. The average molecular weight is 409 g/mol. The Morgan fingerprint density at radius 2 is 1.97 bits per heavy atom. The molecule has 1 N–H and O–H groups in total. The smallest absolute Gasteiger partial charge is 0.325 e. The van der Waals surface area contributed by atoms with E-state index in [2.05, 4.69) is 5.32 Å². The summed E-state index contributed by atoms with van der Waals surface area (Å²) in [5.74, 6) is 0.122. The van der Waals surface area contributed by atoms with Gasteiger partial charge in [-0.3, -0.25) is 19.8 Å². The minimum absolute atomic E-state index is 0.0126. The minimum Gasteiger partial charge on any atom is -0.467 e. The second-order valence-electron chi connectivity index (χ2n) is 7.81. The van der Waals surface area contributed by atoms with E-state index in [0.29, 0.717) is 36.1 Å². The van der Waals surface area contributed by atoms with Crippen molar-refractivity contribution in [2.45, 2.75) is 38.0 Å². The number of benzene rings is 2. The van der Waals surface area contributed by atoms with Crippen molar-refractivity contribution in [2.24, 2.45) is 0 Å². The van der Waals surface area contributed by atoms with Crippen molar-refractivity contribution in [1.29, 1.82) is 0 Å². The van der Waals surface area contributed by atoms with Gasteiger partial charge in [0.05, 0.1) is 18.1 Å². The molecule has 0 aromatic heterocycles. The normalized spacial score (nSPS) is 22.3. The number of ether oxygens (including phenoxy) is 2. The fourth-order valence-corrected chi connectivity index (χ4v) is 4.52. The fraction of sp³-hybridized carbons (Fsp3) is 0.333. The Kier molecular flexibility index (Phi) is 4.21. The number of rotatable bonds is 3. The lowest BCUT2D eigenvalue weighted by Crippen LogP contribution is -2.51. The number of carbonyl (C=O) groups is 2. The number of nitrogens with one attached hydrogen (secondary N) is 1. The van der Waals surface area contributed by atoms with Gasteiger partial charge < -0.3 is 14.8 Å². The Balaban J connectivity index is 1.47. The van der Waals surface area contributed by atoms with Gasteiger partial charge in [0.1, 0.15) is 11.3 Å². The molecule has 2 heterocycles. The molecule has 1 atom stereocenters. The lowest BCUT2D eigenvalue weighted by atomic mass is 9.78. The van der Waals surface area contributed by atoms with Crippen LogP contribution in [-0.2, 0) is 35.5 Å². The van der Waals surface area contributed by atoms with Gasteiger partial charge in [0, 0.05) is 29.7 Å². The molecule has 9 heteroatoms. The Labute approximate surface area is 171 Å². The highest BCUT2D eigenvalue weighted by Gasteiger charge is 2.52. The molecule has 1 fully saturated rings. The molecule has 5 rings (SSSR count). The highest BCUT2D eigenvalue weighted by Crippen LogP contribution is 2.37. The summed E-state index contributed by atoms with van der Waals surface area (Å²) in [6, 6.07) is 10.2. The van der Waals surface area contributed by atoms with Crippen molar-refractivity contribution in [3.05, 3.63) is 68.8 Å². The highest BCUT2D eigenvalue weighted by molar-refractivity contribution is 6.07. The van der Waals surface area contributed by atoms with E-state index in [4.69, 9.17) is 9.47 Å². The zero-order valence-electron chi connectivity index (χ0n) is 16.1. The number of urea groups is 1. The second-order valence-corrected chi connectivity index (χ2v) is 7.81. The molecule has 2 aromatic carbocycles. The van der Waals surface area contributed by atoms with Crippen LogP contribution in [0.1, 0.15) is 28.7 Å². The Morgan fingerprint density at radius 3 is 2.77 bits per heavy atom. The molecule has 2 aromatic rings. The topological polar surface area (TPSA) is 111 Å². The summed E-state index contributed by atoms with van der Waals surface area (Å²) < 4.78 is 10.8. The summed E-state index contributed by atoms with van der Waals surface area (Å²) in [7, 11) is 0. The van der Waals surface area contributed by atoms with Crippen LogP contribution in [0.3, 0.4) is 0 Å². The Morgan fingerprint density at radius 1 is 1.17 bits per heavy atom. The van der Waals surface area contributed by atoms with Crippen molar-refractivity contribution in [3.63, 3.8) is 0 Å². The maximum atomic E-state index is 13.3. The molecule has 0 saturated carbocycles. The van der Waals surface area contributed by atoms with Crippen LogP contribution in [0.2, 0.25) is 0 Å². The van der Waals surface area contributed by atoms with E-state index in [-0.39, 0.29) is 31.5 Å². The molecule has 0 unspecified atom stereocenters. The first kappa shape index (κ1) is 18.6. The van der Waals surface area contributed by atoms with Crippen molar-refractivity contribution in [3.8, 4) is 5.75 Å². The van der Waals surface area contributed by atoms with Gasteiger partial charge in [0.25, 0.3) is 11.6 Å². The van der Waals surface area contributed by atoms with E-state index in [1.54, 1.807) is 0 Å². The molecule has 1 aliphatic carbocycles. The molecule has 1 saturated heterocycles. The van der Waals surface area contributed by atoms with Gasteiger partial charge in [-0.1, -0.05) is 24.3 Å². The summed E-state index contributed by atoms with van der Waals surface area (Å²) in [4.78, 5) is 38.0. The second kappa shape index (κ2) is 6.81. The van der Waals surface area contributed by atoms with Crippen LogP contribution in [0, 0.1) is 10.1 Å². The first-order chi connectivity index (χ1) is 14.5. The van der Waals surface area contributed by atoms with Crippen LogP contribution in [0.5, 0.6) is 5.75 Å². The number of aryl methyl sites for hydroxylation is 1. The van der Waals surface area contributed by atoms with E-state index in [0.717, 1.165) is 10.5 Å². The summed E-state index contributed by atoms with van der Waals surface area (Å²) in [6.07, 6.45) is 1.65. The zero-order valence-corrected chi connectivity index (χ0v) is 16.1. The first-order valence-corrected chi connectivity index (χ1v) is 9.68. The zero-order chi connectivity index (χ0) is 20.9. The number of imide groups is 1. The summed E-state index contributed by atoms with van der Waals surface area (Å²) in [5.41, 5.74) is 2.07. The quantitative estimate of drug-likeness (QED) is 0.474. The molecule has 154 valence electrons. The van der Waals surface area contributed by atoms with Gasteiger partial charge in [-0.2, -0.15) is 0 Å². The molecular formula is C21H19N3O6. The van der Waals surface area contributed by atoms with Crippen LogP contribution in [0.25, 0.3) is 0 Å². The number of nitrogens with zero attached hydrogens (tertiary/aromatic N) is 2. The van der Waals surface area contributed by atoms with Crippen LogP contribution in [0.4, 0.5) is 10.5 Å². The van der Waals surface area contributed by atoms with Gasteiger partial charge in [0.15, 0.2) is 6.79 Å². The van der Waals surface area contributed by atoms with Crippen LogP contribution >= 0.6 is 0 Å². The number of carbonyl (C=O) groups excluding carboxylic acids is 2. The third kappa shape index (κ3) is 2.89. The number of hydrogen-bond donors (Lipinski definition) is 1. The largest absolute Gasteiger partial charge is 0.467 e. The lowest BCUT2D eigenvalue weighted by Gasteiger charge is -2.32. The third-order valence-electron chi connectivity index (χ3n) is 5.99. The average Bonchev–Trinajstić information content (AvgIpc) is 2.97. The predicted molar refractivity (Wildman–Crippen MR) is 104 cm³/mol. The lowest BCUT2D eigenvalue weighted by molar-refractivity contribution is -0.385. The van der Waals surface area contributed by atoms with Crippen LogP contribution < -0.4 is 10.1 Å². The third-order valence-corrected chi connectivity index (χ3v) is 5.99. The van der Waals surface area contributed by atoms with Crippen molar-refractivity contribution in [1.82, 2.24) is 10.2 Å². The number of non-ortho nitro benzene ring substituents is 1. The molecule has 1 spiro atoms. The van der Waals surface area contributed by atoms with Gasteiger partial charge in [-0.15, -0.1) is 0 Å². The van der Waals surface area contributed by atoms with E-state index in [1.165, 1.54) is 17.7 Å². The first-order valence-electron chi connectivity index (χ1n) is 9.68. The summed E-state index contributed by atoms with van der Waals surface area (Å²) in [6.45, 7) is 0.0850. The molecule has 3 amide bonds. The van der Waals surface area contributed by atoms with E-state index in [9.17, 15) is 19.7 Å². The monoisotopic (exact) mass is 409 g/mol. The molecule has 3 aliphatic rings. The predicted octanol–water partition coefficient (Wildman–Crippen LogP) is 2.44. The molecule has 0 radical (unpaired) electrons. The van der Waals surface area contributed by atoms with Gasteiger partial charge in [0.2, 0.25) is 0 Å². The van der Waals surface area contributed by atoms with Crippen molar-refractivity contribution in [2.75, 3.05) is 6.79 Å². The summed E-state index contributed by atoms with van der Waals surface area (Å²) >= 11 is 0. The molecule has 0 bridgehead atoms. The number of nitro groups is 1. The number of hydrogen-bond acceptors (Lipinski definition) is 6. The van der Waals surface area contributed by atoms with Crippen molar-refractivity contribution >= 4 is 17.6 Å².